The number of nitriles is 1. The molecule has 0 N–H and O–H groups in total. The van der Waals surface area contributed by atoms with Gasteiger partial charge in [-0.3, -0.25) is 0 Å². The second-order valence-electron chi connectivity index (χ2n) is 4.28. The van der Waals surface area contributed by atoms with Gasteiger partial charge < -0.3 is 4.90 Å². The van der Waals surface area contributed by atoms with Crippen LogP contribution in [0.5, 0.6) is 0 Å². The van der Waals surface area contributed by atoms with Gasteiger partial charge in [-0.25, -0.2) is 4.39 Å². The summed E-state index contributed by atoms with van der Waals surface area (Å²) in [5, 5.41) is 9.61. The predicted molar refractivity (Wildman–Crippen MR) is 69.8 cm³/mol. The first-order valence-electron chi connectivity index (χ1n) is 5.71. The van der Waals surface area contributed by atoms with Crippen LogP contribution in [0.4, 0.5) is 10.1 Å². The molecule has 0 radical (unpaired) electrons. The zero-order chi connectivity index (χ0) is 12.4. The Labute approximate surface area is 105 Å². The fourth-order valence-corrected chi connectivity index (χ4v) is 3.22. The molecule has 2 atom stereocenters. The lowest BCUT2D eigenvalue weighted by Crippen LogP contribution is -2.45. The summed E-state index contributed by atoms with van der Waals surface area (Å²) in [6, 6.07) is 6.90. The van der Waals surface area contributed by atoms with Gasteiger partial charge in [0.2, 0.25) is 0 Å². The summed E-state index contributed by atoms with van der Waals surface area (Å²) >= 11 is 1.94. The van der Waals surface area contributed by atoms with Crippen molar-refractivity contribution in [1.29, 1.82) is 5.26 Å². The van der Waals surface area contributed by atoms with Crippen molar-refractivity contribution in [2.24, 2.45) is 0 Å². The molecule has 1 fully saturated rings. The van der Waals surface area contributed by atoms with Crippen molar-refractivity contribution < 1.29 is 4.39 Å². The van der Waals surface area contributed by atoms with Gasteiger partial charge in [-0.2, -0.15) is 17.0 Å². The lowest BCUT2D eigenvalue weighted by atomic mass is 10.1. The molecule has 4 heteroatoms. The molecule has 0 saturated carbocycles. The van der Waals surface area contributed by atoms with Gasteiger partial charge in [-0.1, -0.05) is 6.92 Å². The van der Waals surface area contributed by atoms with E-state index in [2.05, 4.69) is 24.8 Å². The highest BCUT2D eigenvalue weighted by Gasteiger charge is 2.26. The number of benzene rings is 1. The Balaban J connectivity index is 2.36. The molecular weight excluding hydrogens is 235 g/mol. The van der Waals surface area contributed by atoms with Crippen LogP contribution >= 0.6 is 11.8 Å². The largest absolute Gasteiger partial charge is 0.366 e. The van der Waals surface area contributed by atoms with Crippen molar-refractivity contribution in [2.75, 3.05) is 17.2 Å². The van der Waals surface area contributed by atoms with E-state index < -0.39 is 0 Å². The highest BCUT2D eigenvalue weighted by atomic mass is 32.2. The van der Waals surface area contributed by atoms with Gasteiger partial charge in [0.15, 0.2) is 0 Å². The number of thioether (sulfide) groups is 1. The quantitative estimate of drug-likeness (QED) is 0.766. The van der Waals surface area contributed by atoms with Crippen LogP contribution in [0.3, 0.4) is 0 Å². The number of hydrogen-bond acceptors (Lipinski definition) is 3. The van der Waals surface area contributed by atoms with E-state index in [1.54, 1.807) is 6.07 Å². The smallest absolute Gasteiger partial charge is 0.124 e. The highest BCUT2D eigenvalue weighted by molar-refractivity contribution is 8.00. The van der Waals surface area contributed by atoms with Crippen LogP contribution in [-0.4, -0.2) is 23.6 Å². The van der Waals surface area contributed by atoms with Crippen LogP contribution in [0.2, 0.25) is 0 Å². The molecule has 1 aromatic rings. The Morgan fingerprint density at radius 2 is 2.24 bits per heavy atom. The predicted octanol–water partition coefficient (Wildman–Crippen LogP) is 3.03. The summed E-state index contributed by atoms with van der Waals surface area (Å²) < 4.78 is 13.1. The van der Waals surface area contributed by atoms with Gasteiger partial charge in [-0.05, 0) is 25.1 Å². The van der Waals surface area contributed by atoms with E-state index in [1.807, 2.05) is 11.8 Å². The maximum atomic E-state index is 13.1. The summed E-state index contributed by atoms with van der Waals surface area (Å²) in [6.45, 7) is 5.26. The van der Waals surface area contributed by atoms with Gasteiger partial charge in [0.25, 0.3) is 0 Å². The van der Waals surface area contributed by atoms with Crippen molar-refractivity contribution in [3.8, 4) is 6.07 Å². The van der Waals surface area contributed by atoms with Crippen LogP contribution in [0, 0.1) is 17.1 Å². The molecule has 1 aliphatic heterocycles. The molecule has 1 heterocycles. The first kappa shape index (κ1) is 12.3. The highest BCUT2D eigenvalue weighted by Crippen LogP contribution is 2.31. The van der Waals surface area contributed by atoms with Gasteiger partial charge >= 0.3 is 0 Å². The van der Waals surface area contributed by atoms with Crippen LogP contribution in [0.1, 0.15) is 19.4 Å². The monoisotopic (exact) mass is 250 g/mol. The average molecular weight is 250 g/mol. The third-order valence-corrected chi connectivity index (χ3v) is 4.61. The standard InChI is InChI=1S/C13H15FN2S/c1-9-10(2)17-6-5-16(9)13-4-3-12(14)7-11(13)8-15/h3-4,7,9-10H,5-6H2,1-2H3. The second kappa shape index (κ2) is 4.97. The minimum Gasteiger partial charge on any atom is -0.366 e. The number of anilines is 1. The molecule has 17 heavy (non-hydrogen) atoms. The maximum absolute atomic E-state index is 13.1. The molecule has 2 unspecified atom stereocenters. The van der Waals surface area contributed by atoms with Crippen molar-refractivity contribution in [3.05, 3.63) is 29.6 Å². The molecule has 1 aliphatic rings. The molecule has 0 spiro atoms. The van der Waals surface area contributed by atoms with Crippen LogP contribution < -0.4 is 4.90 Å². The SMILES string of the molecule is CC1SCCN(c2ccc(F)cc2C#N)C1C. The summed E-state index contributed by atoms with van der Waals surface area (Å²) in [5.41, 5.74) is 1.28. The van der Waals surface area contributed by atoms with Crippen molar-refractivity contribution in [3.63, 3.8) is 0 Å². The zero-order valence-electron chi connectivity index (χ0n) is 9.98. The molecule has 0 aromatic heterocycles. The summed E-state index contributed by atoms with van der Waals surface area (Å²) in [6.07, 6.45) is 0. The zero-order valence-corrected chi connectivity index (χ0v) is 10.8. The Morgan fingerprint density at radius 3 is 2.94 bits per heavy atom. The Hall–Kier alpha value is -1.21. The van der Waals surface area contributed by atoms with Crippen LogP contribution in [0.25, 0.3) is 0 Å². The topological polar surface area (TPSA) is 27.0 Å². The van der Waals surface area contributed by atoms with E-state index in [0.29, 0.717) is 16.9 Å². The van der Waals surface area contributed by atoms with Crippen molar-refractivity contribution in [1.82, 2.24) is 0 Å². The third kappa shape index (κ3) is 2.39. The fourth-order valence-electron chi connectivity index (χ4n) is 2.12. The molecule has 2 rings (SSSR count). The van der Waals surface area contributed by atoms with E-state index in [9.17, 15) is 4.39 Å². The molecule has 2 nitrogen and oxygen atoms in total. The normalized spacial score (nSPS) is 24.5. The van der Waals surface area contributed by atoms with E-state index in [-0.39, 0.29) is 5.82 Å². The van der Waals surface area contributed by atoms with Gasteiger partial charge in [0.1, 0.15) is 11.9 Å². The number of nitrogens with zero attached hydrogens (tertiary/aromatic N) is 2. The fraction of sp³-hybridized carbons (Fsp3) is 0.462. The Kier molecular flexibility index (Phi) is 3.58. The Bertz CT molecular complexity index is 455. The maximum Gasteiger partial charge on any atom is 0.124 e. The van der Waals surface area contributed by atoms with Crippen molar-refractivity contribution >= 4 is 17.4 Å². The van der Waals surface area contributed by atoms with Gasteiger partial charge in [-0.15, -0.1) is 0 Å². The molecule has 0 aliphatic carbocycles. The van der Waals surface area contributed by atoms with E-state index >= 15 is 0 Å². The summed E-state index contributed by atoms with van der Waals surface area (Å²) in [5.74, 6) is 0.700. The molecule has 1 saturated heterocycles. The van der Waals surface area contributed by atoms with E-state index in [4.69, 9.17) is 5.26 Å². The minimum atomic E-state index is -0.350. The minimum absolute atomic E-state index is 0.350. The lowest BCUT2D eigenvalue weighted by molar-refractivity contribution is 0.616. The molecular formula is C13H15FN2S. The third-order valence-electron chi connectivity index (χ3n) is 3.27. The molecule has 90 valence electrons. The van der Waals surface area contributed by atoms with Crippen molar-refractivity contribution in [2.45, 2.75) is 25.1 Å². The molecule has 1 aromatic carbocycles. The molecule has 0 amide bonds. The van der Waals surface area contributed by atoms with Gasteiger partial charge in [0.05, 0.1) is 11.3 Å². The van der Waals surface area contributed by atoms with E-state index in [0.717, 1.165) is 18.0 Å². The summed E-state index contributed by atoms with van der Waals surface area (Å²) in [7, 11) is 0. The van der Waals surface area contributed by atoms with Crippen LogP contribution in [0.15, 0.2) is 18.2 Å². The number of halogens is 1. The van der Waals surface area contributed by atoms with E-state index in [1.165, 1.54) is 12.1 Å². The first-order chi connectivity index (χ1) is 8.13. The Morgan fingerprint density at radius 1 is 1.47 bits per heavy atom. The second-order valence-corrected chi connectivity index (χ2v) is 5.77. The number of rotatable bonds is 1. The molecule has 0 bridgehead atoms. The van der Waals surface area contributed by atoms with Gasteiger partial charge in [0, 0.05) is 23.6 Å². The average Bonchev–Trinajstić information content (AvgIpc) is 2.33. The first-order valence-corrected chi connectivity index (χ1v) is 6.76. The lowest BCUT2D eigenvalue weighted by Gasteiger charge is -2.39. The summed E-state index contributed by atoms with van der Waals surface area (Å²) in [4.78, 5) is 2.21. The number of hydrogen-bond donors (Lipinski definition) is 0. The van der Waals surface area contributed by atoms with Crippen LogP contribution in [-0.2, 0) is 0 Å².